The highest BCUT2D eigenvalue weighted by Gasteiger charge is 2.41. The Morgan fingerprint density at radius 2 is 2.00 bits per heavy atom. The average Bonchev–Trinajstić information content (AvgIpc) is 3.12. The van der Waals surface area contributed by atoms with Crippen LogP contribution >= 0.6 is 23.2 Å². The van der Waals surface area contributed by atoms with Crippen LogP contribution in [0.5, 0.6) is 5.75 Å². The van der Waals surface area contributed by atoms with Gasteiger partial charge in [0.1, 0.15) is 5.75 Å². The molecule has 2 aromatic rings. The monoisotopic (exact) mass is 374 g/mol. The summed E-state index contributed by atoms with van der Waals surface area (Å²) in [5.74, 6) is 0.0309. The lowest BCUT2D eigenvalue weighted by Gasteiger charge is -2.23. The van der Waals surface area contributed by atoms with E-state index >= 15 is 0 Å². The number of hydrogen-bond donors (Lipinski definition) is 0. The van der Waals surface area contributed by atoms with Crippen molar-refractivity contribution in [3.8, 4) is 5.75 Å². The van der Waals surface area contributed by atoms with Gasteiger partial charge in [0.2, 0.25) is 5.78 Å². The predicted octanol–water partition coefficient (Wildman–Crippen LogP) is 3.84. The van der Waals surface area contributed by atoms with Gasteiger partial charge in [0, 0.05) is 17.4 Å². The molecule has 1 aliphatic rings. The minimum atomic E-state index is -1.32. The number of Topliss-reactive ketones (excluding diaryl/α,β-unsaturated/α-hetero) is 1. The Morgan fingerprint density at radius 1 is 1.20 bits per heavy atom. The molecule has 25 heavy (non-hydrogen) atoms. The second-order valence-electron chi connectivity index (χ2n) is 5.28. The van der Waals surface area contributed by atoms with Crippen LogP contribution in [0.15, 0.2) is 53.7 Å². The van der Waals surface area contributed by atoms with Gasteiger partial charge in [0.25, 0.3) is 5.24 Å². The highest BCUT2D eigenvalue weighted by molar-refractivity contribution is 6.67. The van der Waals surface area contributed by atoms with Gasteiger partial charge in [-0.15, -0.1) is 0 Å². The Bertz CT molecular complexity index is 893. The lowest BCUT2D eigenvalue weighted by molar-refractivity contribution is 0.0917. The zero-order valence-corrected chi connectivity index (χ0v) is 14.6. The van der Waals surface area contributed by atoms with Gasteiger partial charge >= 0.3 is 0 Å². The molecule has 3 rings (SSSR count). The van der Waals surface area contributed by atoms with Gasteiger partial charge in [-0.2, -0.15) is 0 Å². The maximum Gasteiger partial charge on any atom is 0.253 e. The highest BCUT2D eigenvalue weighted by atomic mass is 35.5. The molecule has 0 saturated carbocycles. The van der Waals surface area contributed by atoms with E-state index in [1.54, 1.807) is 36.4 Å². The second kappa shape index (κ2) is 6.78. The van der Waals surface area contributed by atoms with Gasteiger partial charge in [-0.1, -0.05) is 11.6 Å². The highest BCUT2D eigenvalue weighted by Crippen LogP contribution is 2.36. The normalized spacial score (nSPS) is 18.4. The molecule has 7 heteroatoms. The van der Waals surface area contributed by atoms with Gasteiger partial charge in [-0.05, 0) is 54.1 Å². The molecule has 2 heterocycles. The molecule has 0 saturated heterocycles. The molecule has 1 atom stereocenters. The standard InChI is InChI=1S/C18H12Cl2N2O3/c1-25-14-9-12(19)4-5-13(14)16(23)18(7-2-8-22-18)15-6-3-11(10-21-15)17(20)24/h2-10H,1H3. The summed E-state index contributed by atoms with van der Waals surface area (Å²) < 4.78 is 5.27. The summed E-state index contributed by atoms with van der Waals surface area (Å²) in [6.07, 6.45) is 6.17. The molecule has 0 spiro atoms. The number of halogens is 2. The van der Waals surface area contributed by atoms with Gasteiger partial charge < -0.3 is 4.74 Å². The molecular formula is C18H12Cl2N2O3. The smallest absolute Gasteiger partial charge is 0.253 e. The summed E-state index contributed by atoms with van der Waals surface area (Å²) in [5, 5.41) is -0.166. The molecule has 126 valence electrons. The van der Waals surface area contributed by atoms with Crippen molar-refractivity contribution in [3.63, 3.8) is 0 Å². The number of benzene rings is 1. The van der Waals surface area contributed by atoms with Crippen LogP contribution in [-0.4, -0.2) is 29.3 Å². The maximum absolute atomic E-state index is 13.3. The van der Waals surface area contributed by atoms with Gasteiger partial charge in [-0.25, -0.2) is 0 Å². The van der Waals surface area contributed by atoms with E-state index in [0.717, 1.165) is 0 Å². The molecule has 1 aromatic heterocycles. The number of carbonyl (C=O) groups excluding carboxylic acids is 2. The number of aliphatic imine (C=N–C) groups is 1. The van der Waals surface area contributed by atoms with Crippen molar-refractivity contribution < 1.29 is 14.3 Å². The first-order chi connectivity index (χ1) is 12.0. The number of methoxy groups -OCH3 is 1. The third-order valence-corrected chi connectivity index (χ3v) is 4.29. The first kappa shape index (κ1) is 17.3. The van der Waals surface area contributed by atoms with Crippen LogP contribution in [0.3, 0.4) is 0 Å². The Kier molecular flexibility index (Phi) is 4.70. The number of pyridine rings is 1. The van der Waals surface area contributed by atoms with E-state index in [9.17, 15) is 9.59 Å². The van der Waals surface area contributed by atoms with Crippen LogP contribution < -0.4 is 4.74 Å². The van der Waals surface area contributed by atoms with E-state index in [0.29, 0.717) is 22.0 Å². The molecule has 5 nitrogen and oxygen atoms in total. The molecule has 0 aliphatic carbocycles. The van der Waals surface area contributed by atoms with Gasteiger partial charge in [-0.3, -0.25) is 19.6 Å². The van der Waals surface area contributed by atoms with E-state index in [-0.39, 0.29) is 11.3 Å². The molecule has 1 aromatic carbocycles. The Labute approximate surface area is 154 Å². The summed E-state index contributed by atoms with van der Waals surface area (Å²) in [5.41, 5.74) is -0.381. The van der Waals surface area contributed by atoms with Gasteiger partial charge in [0.05, 0.1) is 23.9 Å². The predicted molar refractivity (Wildman–Crippen MR) is 96.1 cm³/mol. The van der Waals surface area contributed by atoms with Crippen molar-refractivity contribution in [2.45, 2.75) is 5.54 Å². The zero-order valence-electron chi connectivity index (χ0n) is 13.1. The van der Waals surface area contributed by atoms with Gasteiger partial charge in [0.15, 0.2) is 5.54 Å². The SMILES string of the molecule is COc1cc(Cl)ccc1C(=O)C1(c2ccc(C(=O)Cl)cn2)C=CC=N1. The average molecular weight is 375 g/mol. The first-order valence-electron chi connectivity index (χ1n) is 7.25. The summed E-state index contributed by atoms with van der Waals surface area (Å²) in [6, 6.07) is 7.82. The third-order valence-electron chi connectivity index (χ3n) is 3.84. The first-order valence-corrected chi connectivity index (χ1v) is 8.01. The largest absolute Gasteiger partial charge is 0.496 e. The number of ketones is 1. The molecular weight excluding hydrogens is 363 g/mol. The topological polar surface area (TPSA) is 68.6 Å². The van der Waals surface area contributed by atoms with E-state index in [4.69, 9.17) is 27.9 Å². The fourth-order valence-corrected chi connectivity index (χ4v) is 2.86. The molecule has 0 fully saturated rings. The number of aromatic nitrogens is 1. The van der Waals surface area contributed by atoms with Crippen LogP contribution in [-0.2, 0) is 5.54 Å². The lowest BCUT2D eigenvalue weighted by Crippen LogP contribution is -2.32. The Morgan fingerprint density at radius 3 is 2.56 bits per heavy atom. The summed E-state index contributed by atoms with van der Waals surface area (Å²) in [6.45, 7) is 0. The summed E-state index contributed by atoms with van der Waals surface area (Å²) >= 11 is 11.4. The summed E-state index contributed by atoms with van der Waals surface area (Å²) in [4.78, 5) is 33.0. The van der Waals surface area contributed by atoms with Crippen LogP contribution in [0.2, 0.25) is 5.02 Å². The van der Waals surface area contributed by atoms with Crippen molar-refractivity contribution in [3.05, 3.63) is 70.5 Å². The lowest BCUT2D eigenvalue weighted by atomic mass is 9.86. The summed E-state index contributed by atoms with van der Waals surface area (Å²) in [7, 11) is 1.46. The quantitative estimate of drug-likeness (QED) is 0.588. The van der Waals surface area contributed by atoms with E-state index < -0.39 is 10.8 Å². The molecule has 0 bridgehead atoms. The molecule has 1 unspecified atom stereocenters. The number of rotatable bonds is 5. The van der Waals surface area contributed by atoms with Crippen molar-refractivity contribution >= 4 is 40.4 Å². The number of allylic oxidation sites excluding steroid dienone is 1. The van der Waals surface area contributed by atoms with Crippen molar-refractivity contribution in [1.29, 1.82) is 0 Å². The molecule has 1 aliphatic heterocycles. The number of nitrogens with zero attached hydrogens (tertiary/aromatic N) is 2. The van der Waals surface area contributed by atoms with Crippen molar-refractivity contribution in [2.75, 3.05) is 7.11 Å². The number of ether oxygens (including phenoxy) is 1. The number of carbonyl (C=O) groups is 2. The Hall–Kier alpha value is -2.50. The second-order valence-corrected chi connectivity index (χ2v) is 6.06. The fraction of sp³-hybridized carbons (Fsp3) is 0.111. The molecule has 0 N–H and O–H groups in total. The number of hydrogen-bond acceptors (Lipinski definition) is 5. The van der Waals surface area contributed by atoms with E-state index in [1.807, 2.05) is 0 Å². The van der Waals surface area contributed by atoms with Crippen LogP contribution in [0.1, 0.15) is 26.4 Å². The van der Waals surface area contributed by atoms with Crippen LogP contribution in [0.4, 0.5) is 0 Å². The van der Waals surface area contributed by atoms with E-state index in [1.165, 1.54) is 25.6 Å². The van der Waals surface area contributed by atoms with Crippen molar-refractivity contribution in [1.82, 2.24) is 4.98 Å². The maximum atomic E-state index is 13.3. The Balaban J connectivity index is 2.10. The van der Waals surface area contributed by atoms with Crippen molar-refractivity contribution in [2.24, 2.45) is 4.99 Å². The van der Waals surface area contributed by atoms with Crippen LogP contribution in [0, 0.1) is 0 Å². The molecule has 0 radical (unpaired) electrons. The van der Waals surface area contributed by atoms with E-state index in [2.05, 4.69) is 9.98 Å². The minimum absolute atomic E-state index is 0.239. The fourth-order valence-electron chi connectivity index (χ4n) is 2.58. The zero-order chi connectivity index (χ0) is 18.0. The molecule has 0 amide bonds. The third kappa shape index (κ3) is 3.08. The van der Waals surface area contributed by atoms with Crippen LogP contribution in [0.25, 0.3) is 0 Å². The minimum Gasteiger partial charge on any atom is -0.496 e.